The van der Waals surface area contributed by atoms with Crippen molar-refractivity contribution in [1.29, 1.82) is 0 Å². The molecule has 3 heterocycles. The lowest BCUT2D eigenvalue weighted by Gasteiger charge is -2.00. The summed E-state index contributed by atoms with van der Waals surface area (Å²) < 4.78 is 1.15. The molecule has 0 saturated carbocycles. The lowest BCUT2D eigenvalue weighted by molar-refractivity contribution is 1.12. The average Bonchev–Trinajstić information content (AvgIpc) is 2.86. The van der Waals surface area contributed by atoms with E-state index in [2.05, 4.69) is 21.0 Å². The first kappa shape index (κ1) is 10.6. The third-order valence-corrected chi connectivity index (χ3v) is 3.58. The van der Waals surface area contributed by atoms with Crippen LogP contribution in [0.1, 0.15) is 5.56 Å². The second kappa shape index (κ2) is 4.39. The van der Waals surface area contributed by atoms with E-state index >= 15 is 0 Å². The van der Waals surface area contributed by atoms with E-state index in [9.17, 15) is 0 Å². The number of halogens is 1. The molecule has 0 aliphatic carbocycles. The number of fused-ring (bicyclic) bond motifs is 1. The molecule has 0 amide bonds. The molecule has 3 nitrogen and oxygen atoms in total. The van der Waals surface area contributed by atoms with E-state index < -0.39 is 0 Å². The van der Waals surface area contributed by atoms with Gasteiger partial charge in [0.25, 0.3) is 0 Å². The van der Waals surface area contributed by atoms with Crippen molar-refractivity contribution >= 4 is 33.2 Å². The highest BCUT2D eigenvalue weighted by Gasteiger charge is 2.04. The van der Waals surface area contributed by atoms with E-state index in [-0.39, 0.29) is 0 Å². The molecule has 3 aromatic heterocycles. The molecule has 84 valence electrons. The van der Waals surface area contributed by atoms with Crippen LogP contribution in [0.2, 0.25) is 0 Å². The van der Waals surface area contributed by atoms with Crippen LogP contribution in [-0.4, -0.2) is 15.0 Å². The topological polar surface area (TPSA) is 38.7 Å². The zero-order chi connectivity index (χ0) is 11.7. The molecule has 0 N–H and O–H groups in total. The van der Waals surface area contributed by atoms with Crippen LogP contribution in [0.5, 0.6) is 0 Å². The van der Waals surface area contributed by atoms with Crippen LogP contribution < -0.4 is 0 Å². The van der Waals surface area contributed by atoms with Gasteiger partial charge in [0, 0.05) is 29.7 Å². The zero-order valence-corrected chi connectivity index (χ0v) is 10.4. The van der Waals surface area contributed by atoms with Crippen molar-refractivity contribution in [1.82, 2.24) is 15.0 Å². The lowest BCUT2D eigenvalue weighted by Crippen LogP contribution is -1.91. The highest BCUT2D eigenvalue weighted by Crippen LogP contribution is 2.23. The van der Waals surface area contributed by atoms with E-state index in [4.69, 9.17) is 11.6 Å². The van der Waals surface area contributed by atoms with Crippen LogP contribution in [0.25, 0.3) is 21.6 Å². The average molecular weight is 262 g/mol. The Morgan fingerprint density at radius 2 is 1.94 bits per heavy atom. The Morgan fingerprint density at radius 1 is 1.12 bits per heavy atom. The predicted octanol–water partition coefficient (Wildman–Crippen LogP) is 3.49. The molecule has 0 radical (unpaired) electrons. The maximum absolute atomic E-state index is 5.70. The lowest BCUT2D eigenvalue weighted by atomic mass is 10.2. The van der Waals surface area contributed by atoms with Crippen molar-refractivity contribution in [2.45, 2.75) is 5.88 Å². The van der Waals surface area contributed by atoms with Crippen molar-refractivity contribution in [2.75, 3.05) is 0 Å². The molecule has 0 aromatic carbocycles. The van der Waals surface area contributed by atoms with E-state index in [0.29, 0.717) is 11.7 Å². The molecule has 0 spiro atoms. The smallest absolute Gasteiger partial charge is 0.160 e. The minimum atomic E-state index is 0.433. The van der Waals surface area contributed by atoms with Crippen LogP contribution in [0, 0.1) is 0 Å². The van der Waals surface area contributed by atoms with E-state index in [1.54, 1.807) is 29.9 Å². The van der Waals surface area contributed by atoms with Gasteiger partial charge in [-0.15, -0.1) is 22.9 Å². The van der Waals surface area contributed by atoms with Crippen LogP contribution in [0.15, 0.2) is 36.1 Å². The van der Waals surface area contributed by atoms with Crippen LogP contribution >= 0.6 is 22.9 Å². The first-order valence-electron chi connectivity index (χ1n) is 5.07. The second-order valence-corrected chi connectivity index (χ2v) is 4.79. The van der Waals surface area contributed by atoms with Gasteiger partial charge in [-0.3, -0.25) is 4.98 Å². The Bertz CT molecular complexity index is 648. The van der Waals surface area contributed by atoms with Gasteiger partial charge >= 0.3 is 0 Å². The van der Waals surface area contributed by atoms with E-state index in [0.717, 1.165) is 21.3 Å². The van der Waals surface area contributed by atoms with Crippen molar-refractivity contribution in [3.05, 3.63) is 41.7 Å². The van der Waals surface area contributed by atoms with Gasteiger partial charge < -0.3 is 0 Å². The van der Waals surface area contributed by atoms with Crippen molar-refractivity contribution in [3.63, 3.8) is 0 Å². The fraction of sp³-hybridized carbons (Fsp3) is 0.0833. The van der Waals surface area contributed by atoms with Crippen LogP contribution in [0.4, 0.5) is 0 Å². The number of thiophene rings is 1. The van der Waals surface area contributed by atoms with Gasteiger partial charge in [0.2, 0.25) is 0 Å². The Morgan fingerprint density at radius 3 is 2.71 bits per heavy atom. The van der Waals surface area contributed by atoms with Crippen molar-refractivity contribution in [2.24, 2.45) is 0 Å². The Balaban J connectivity index is 2.06. The molecule has 0 fully saturated rings. The van der Waals surface area contributed by atoms with E-state index in [1.165, 1.54) is 0 Å². The molecule has 0 aliphatic rings. The largest absolute Gasteiger partial charge is 0.255 e. The molecule has 0 unspecified atom stereocenters. The fourth-order valence-corrected chi connectivity index (χ4v) is 2.46. The first-order valence-corrected chi connectivity index (χ1v) is 6.49. The molecule has 3 rings (SSSR count). The first-order chi connectivity index (χ1) is 8.36. The number of hydrogen-bond acceptors (Lipinski definition) is 4. The molecule has 0 bridgehead atoms. The highest BCUT2D eigenvalue weighted by molar-refractivity contribution is 7.17. The maximum atomic E-state index is 5.70. The normalized spacial score (nSPS) is 10.9. The fourth-order valence-electron chi connectivity index (χ4n) is 1.54. The summed E-state index contributed by atoms with van der Waals surface area (Å²) in [7, 11) is 0. The minimum absolute atomic E-state index is 0.433. The summed E-state index contributed by atoms with van der Waals surface area (Å²) in [5.41, 5.74) is 2.86. The zero-order valence-electron chi connectivity index (χ0n) is 8.80. The molecule has 0 saturated heterocycles. The second-order valence-electron chi connectivity index (χ2n) is 3.58. The molecule has 3 aromatic rings. The summed E-state index contributed by atoms with van der Waals surface area (Å²) in [4.78, 5) is 12.9. The van der Waals surface area contributed by atoms with Gasteiger partial charge in [0.15, 0.2) is 5.82 Å². The monoisotopic (exact) mass is 261 g/mol. The molecular formula is C12H8ClN3S. The maximum Gasteiger partial charge on any atom is 0.160 e. The minimum Gasteiger partial charge on any atom is -0.255 e. The van der Waals surface area contributed by atoms with Crippen molar-refractivity contribution < 1.29 is 0 Å². The molecule has 17 heavy (non-hydrogen) atoms. The highest BCUT2D eigenvalue weighted by atomic mass is 35.5. The third kappa shape index (κ3) is 2.01. The van der Waals surface area contributed by atoms with Gasteiger partial charge in [-0.1, -0.05) is 0 Å². The molecule has 0 aliphatic heterocycles. The van der Waals surface area contributed by atoms with Gasteiger partial charge in [-0.2, -0.15) is 0 Å². The molecule has 0 atom stereocenters. The van der Waals surface area contributed by atoms with Gasteiger partial charge in [0.05, 0.1) is 16.1 Å². The van der Waals surface area contributed by atoms with Gasteiger partial charge in [0.1, 0.15) is 0 Å². The summed E-state index contributed by atoms with van der Waals surface area (Å²) in [6.07, 6.45) is 5.28. The summed E-state index contributed by atoms with van der Waals surface area (Å²) >= 11 is 7.36. The number of hydrogen-bond donors (Lipinski definition) is 0. The molecular weight excluding hydrogens is 254 g/mol. The van der Waals surface area contributed by atoms with Crippen LogP contribution in [0.3, 0.4) is 0 Å². The number of pyridine rings is 1. The summed E-state index contributed by atoms with van der Waals surface area (Å²) in [5, 5.41) is 2.03. The van der Waals surface area contributed by atoms with Gasteiger partial charge in [-0.05, 0) is 17.5 Å². The Hall–Kier alpha value is -1.52. The Labute approximate surface area is 107 Å². The summed E-state index contributed by atoms with van der Waals surface area (Å²) in [5.74, 6) is 1.12. The van der Waals surface area contributed by atoms with Crippen LogP contribution in [-0.2, 0) is 5.88 Å². The standard InChI is InChI=1S/C12H8ClN3S/c13-4-8-5-15-12(16-6-8)9-3-11-10(14-7-9)1-2-17-11/h1-3,5-7H,4H2. The quantitative estimate of drug-likeness (QED) is 0.663. The summed E-state index contributed by atoms with van der Waals surface area (Å²) in [6, 6.07) is 4.06. The number of alkyl halides is 1. The predicted molar refractivity (Wildman–Crippen MR) is 70.2 cm³/mol. The number of nitrogens with zero attached hydrogens (tertiary/aromatic N) is 3. The van der Waals surface area contributed by atoms with Crippen molar-refractivity contribution in [3.8, 4) is 11.4 Å². The number of aromatic nitrogens is 3. The SMILES string of the molecule is ClCc1cnc(-c2cnc3ccsc3c2)nc1. The third-order valence-electron chi connectivity index (χ3n) is 2.42. The molecule has 5 heteroatoms. The van der Waals surface area contributed by atoms with Gasteiger partial charge in [-0.25, -0.2) is 9.97 Å². The number of rotatable bonds is 2. The van der Waals surface area contributed by atoms with E-state index in [1.807, 2.05) is 11.4 Å². The summed E-state index contributed by atoms with van der Waals surface area (Å²) in [6.45, 7) is 0. The Kier molecular flexibility index (Phi) is 2.74.